The van der Waals surface area contributed by atoms with Crippen LogP contribution in [-0.4, -0.2) is 30.4 Å². The summed E-state index contributed by atoms with van der Waals surface area (Å²) >= 11 is 1.63. The van der Waals surface area contributed by atoms with E-state index in [4.69, 9.17) is 4.74 Å². The molecule has 0 radical (unpaired) electrons. The van der Waals surface area contributed by atoms with Gasteiger partial charge >= 0.3 is 5.97 Å². The quantitative estimate of drug-likeness (QED) is 0.770. The van der Waals surface area contributed by atoms with Gasteiger partial charge in [0, 0.05) is 17.3 Å². The Morgan fingerprint density at radius 2 is 2.22 bits per heavy atom. The van der Waals surface area contributed by atoms with E-state index in [1.165, 1.54) is 12.0 Å². The van der Waals surface area contributed by atoms with Crippen LogP contribution in [0.5, 0.6) is 0 Å². The maximum absolute atomic E-state index is 12.2. The molecule has 18 heavy (non-hydrogen) atoms. The van der Waals surface area contributed by atoms with Gasteiger partial charge in [0.25, 0.3) is 0 Å². The summed E-state index contributed by atoms with van der Waals surface area (Å²) in [6, 6.07) is 1.35. The molecule has 1 aromatic heterocycles. The number of ether oxygens (including phenoxy) is 1. The first-order valence-electron chi connectivity index (χ1n) is 6.00. The summed E-state index contributed by atoms with van der Waals surface area (Å²) in [6.45, 7) is 4.28. The number of hydrogen-bond donors (Lipinski definition) is 0. The molecule has 0 bridgehead atoms. The zero-order chi connectivity index (χ0) is 13.3. The summed E-state index contributed by atoms with van der Waals surface area (Å²) in [5, 5.41) is 1.96. The van der Waals surface area contributed by atoms with Crippen molar-refractivity contribution in [2.45, 2.75) is 26.3 Å². The van der Waals surface area contributed by atoms with Gasteiger partial charge in [0.05, 0.1) is 7.11 Å². The minimum absolute atomic E-state index is 0.00208. The van der Waals surface area contributed by atoms with Gasteiger partial charge in [0.2, 0.25) is 5.91 Å². The highest BCUT2D eigenvalue weighted by atomic mass is 32.1. The van der Waals surface area contributed by atoms with E-state index in [9.17, 15) is 9.59 Å². The number of amides is 1. The number of fused-ring (bicyclic) bond motifs is 1. The summed E-state index contributed by atoms with van der Waals surface area (Å²) in [5.41, 5.74) is 0.923. The number of carbonyl (C=O) groups is 2. The fourth-order valence-corrected chi connectivity index (χ4v) is 3.16. The van der Waals surface area contributed by atoms with E-state index >= 15 is 0 Å². The molecule has 2 heterocycles. The third-order valence-electron chi connectivity index (χ3n) is 3.17. The third-order valence-corrected chi connectivity index (χ3v) is 4.16. The Morgan fingerprint density at radius 1 is 1.50 bits per heavy atom. The fraction of sp³-hybridized carbons (Fsp3) is 0.538. The predicted octanol–water partition coefficient (Wildman–Crippen LogP) is 2.00. The number of rotatable bonds is 2. The summed E-state index contributed by atoms with van der Waals surface area (Å²) in [4.78, 5) is 27.0. The molecule has 0 fully saturated rings. The molecular formula is C13H17NO3S. The molecule has 1 unspecified atom stereocenters. The molecule has 98 valence electrons. The van der Waals surface area contributed by atoms with E-state index in [1.54, 1.807) is 16.2 Å². The summed E-state index contributed by atoms with van der Waals surface area (Å²) < 4.78 is 4.85. The van der Waals surface area contributed by atoms with Crippen LogP contribution >= 0.6 is 11.3 Å². The van der Waals surface area contributed by atoms with Crippen LogP contribution in [0.3, 0.4) is 0 Å². The molecule has 0 saturated carbocycles. The Balaban J connectivity index is 2.37. The molecule has 0 aromatic carbocycles. The third kappa shape index (κ3) is 2.14. The van der Waals surface area contributed by atoms with E-state index in [0.717, 1.165) is 12.0 Å². The number of nitrogens with zero attached hydrogens (tertiary/aromatic N) is 1. The lowest BCUT2D eigenvalue weighted by atomic mass is 9.98. The number of hydrogen-bond acceptors (Lipinski definition) is 4. The number of methoxy groups -OCH3 is 1. The molecule has 1 atom stereocenters. The molecule has 0 aliphatic carbocycles. The van der Waals surface area contributed by atoms with E-state index in [1.807, 2.05) is 25.3 Å². The van der Waals surface area contributed by atoms with Gasteiger partial charge in [-0.3, -0.25) is 4.79 Å². The molecule has 1 aromatic rings. The van der Waals surface area contributed by atoms with E-state index < -0.39 is 6.04 Å². The average molecular weight is 267 g/mol. The predicted molar refractivity (Wildman–Crippen MR) is 69.3 cm³/mol. The van der Waals surface area contributed by atoms with Gasteiger partial charge in [0.15, 0.2) is 6.04 Å². The van der Waals surface area contributed by atoms with Gasteiger partial charge < -0.3 is 9.64 Å². The van der Waals surface area contributed by atoms with Crippen molar-refractivity contribution in [3.8, 4) is 0 Å². The van der Waals surface area contributed by atoms with E-state index in [-0.39, 0.29) is 17.8 Å². The zero-order valence-electron chi connectivity index (χ0n) is 10.8. The topological polar surface area (TPSA) is 46.6 Å². The van der Waals surface area contributed by atoms with E-state index in [0.29, 0.717) is 6.54 Å². The van der Waals surface area contributed by atoms with Crippen LogP contribution in [0.2, 0.25) is 0 Å². The Kier molecular flexibility index (Phi) is 3.71. The molecule has 2 rings (SSSR count). The second kappa shape index (κ2) is 5.10. The molecule has 0 spiro atoms. The number of carbonyl (C=O) groups excluding carboxylic acids is 2. The van der Waals surface area contributed by atoms with Gasteiger partial charge in [-0.15, -0.1) is 11.3 Å². The monoisotopic (exact) mass is 267 g/mol. The first-order chi connectivity index (χ1) is 8.56. The lowest BCUT2D eigenvalue weighted by Crippen LogP contribution is -2.45. The minimum Gasteiger partial charge on any atom is -0.467 e. The van der Waals surface area contributed by atoms with Gasteiger partial charge in [-0.2, -0.15) is 0 Å². The zero-order valence-corrected chi connectivity index (χ0v) is 11.6. The molecule has 0 N–H and O–H groups in total. The summed E-state index contributed by atoms with van der Waals surface area (Å²) in [5.74, 6) is -0.469. The maximum atomic E-state index is 12.2. The standard InChI is InChI=1S/C13H17NO3S/c1-8(2)12(15)14-6-4-10-9(5-7-18-10)11(14)13(16)17-3/h5,7-8,11H,4,6H2,1-3H3. The molecule has 1 aliphatic heterocycles. The highest BCUT2D eigenvalue weighted by Crippen LogP contribution is 2.34. The molecule has 4 nitrogen and oxygen atoms in total. The van der Waals surface area contributed by atoms with Crippen LogP contribution in [0.1, 0.15) is 30.3 Å². The molecule has 1 aliphatic rings. The van der Waals surface area contributed by atoms with Gasteiger partial charge in [0.1, 0.15) is 0 Å². The van der Waals surface area contributed by atoms with Crippen LogP contribution < -0.4 is 0 Å². The SMILES string of the molecule is COC(=O)C1c2ccsc2CCN1C(=O)C(C)C. The summed E-state index contributed by atoms with van der Waals surface area (Å²) in [7, 11) is 1.36. The molecule has 1 amide bonds. The Bertz CT molecular complexity index is 467. The highest BCUT2D eigenvalue weighted by Gasteiger charge is 2.37. The van der Waals surface area contributed by atoms with Crippen molar-refractivity contribution >= 4 is 23.2 Å². The van der Waals surface area contributed by atoms with Crippen molar-refractivity contribution < 1.29 is 14.3 Å². The minimum atomic E-state index is -0.570. The van der Waals surface area contributed by atoms with Crippen LogP contribution in [-0.2, 0) is 20.7 Å². The van der Waals surface area contributed by atoms with Gasteiger partial charge in [-0.1, -0.05) is 13.8 Å². The average Bonchev–Trinajstić information content (AvgIpc) is 2.83. The second-order valence-corrected chi connectivity index (χ2v) is 5.66. The Labute approximate surface area is 111 Å². The second-order valence-electron chi connectivity index (χ2n) is 4.66. The molecule has 5 heteroatoms. The van der Waals surface area contributed by atoms with Gasteiger partial charge in [-0.05, 0) is 23.4 Å². The Hall–Kier alpha value is -1.36. The van der Waals surface area contributed by atoms with Crippen LogP contribution in [0.4, 0.5) is 0 Å². The van der Waals surface area contributed by atoms with Crippen molar-refractivity contribution in [2.75, 3.05) is 13.7 Å². The smallest absolute Gasteiger partial charge is 0.333 e. The fourth-order valence-electron chi connectivity index (χ4n) is 2.25. The normalized spacial score (nSPS) is 18.7. The van der Waals surface area contributed by atoms with Crippen molar-refractivity contribution in [3.05, 3.63) is 21.9 Å². The van der Waals surface area contributed by atoms with Crippen LogP contribution in [0.25, 0.3) is 0 Å². The first kappa shape index (κ1) is 13.1. The van der Waals surface area contributed by atoms with Crippen molar-refractivity contribution in [1.82, 2.24) is 4.90 Å². The molecule has 0 saturated heterocycles. The lowest BCUT2D eigenvalue weighted by molar-refractivity contribution is -0.155. The van der Waals surface area contributed by atoms with Crippen LogP contribution in [0.15, 0.2) is 11.4 Å². The van der Waals surface area contributed by atoms with Crippen molar-refractivity contribution in [3.63, 3.8) is 0 Å². The lowest BCUT2D eigenvalue weighted by Gasteiger charge is -2.35. The maximum Gasteiger partial charge on any atom is 0.333 e. The number of esters is 1. The van der Waals surface area contributed by atoms with Crippen LogP contribution in [0, 0.1) is 5.92 Å². The van der Waals surface area contributed by atoms with Crippen molar-refractivity contribution in [1.29, 1.82) is 0 Å². The number of thiophene rings is 1. The first-order valence-corrected chi connectivity index (χ1v) is 6.88. The van der Waals surface area contributed by atoms with Gasteiger partial charge in [-0.25, -0.2) is 4.79 Å². The van der Waals surface area contributed by atoms with Crippen molar-refractivity contribution in [2.24, 2.45) is 5.92 Å². The highest BCUT2D eigenvalue weighted by molar-refractivity contribution is 7.10. The largest absolute Gasteiger partial charge is 0.467 e. The Morgan fingerprint density at radius 3 is 2.83 bits per heavy atom. The van der Waals surface area contributed by atoms with E-state index in [2.05, 4.69) is 0 Å². The summed E-state index contributed by atoms with van der Waals surface area (Å²) in [6.07, 6.45) is 0.818. The molecular weight excluding hydrogens is 250 g/mol.